The molecule has 1 amide bonds. The van der Waals surface area contributed by atoms with Gasteiger partial charge in [-0.05, 0) is 51.1 Å². The summed E-state index contributed by atoms with van der Waals surface area (Å²) in [5.41, 5.74) is 2.56. The van der Waals surface area contributed by atoms with Crippen LogP contribution in [0.2, 0.25) is 0 Å². The van der Waals surface area contributed by atoms with Crippen LogP contribution in [0.1, 0.15) is 30.7 Å². The van der Waals surface area contributed by atoms with E-state index in [1.165, 1.54) is 20.9 Å². The summed E-state index contributed by atoms with van der Waals surface area (Å²) in [4.78, 5) is 16.8. The predicted molar refractivity (Wildman–Crippen MR) is 98.7 cm³/mol. The van der Waals surface area contributed by atoms with Crippen molar-refractivity contribution < 1.29 is 4.79 Å². The number of benzene rings is 1. The third-order valence-electron chi connectivity index (χ3n) is 3.93. The van der Waals surface area contributed by atoms with Crippen LogP contribution in [0.25, 0.3) is 10.4 Å². The zero-order valence-corrected chi connectivity index (χ0v) is 15.2. The molecule has 2 rings (SSSR count). The minimum absolute atomic E-state index is 0.209. The minimum atomic E-state index is 0.209. The average Bonchev–Trinajstić information content (AvgIpc) is 2.99. The summed E-state index contributed by atoms with van der Waals surface area (Å²) in [6.07, 6.45) is 0.546. The van der Waals surface area contributed by atoms with Gasteiger partial charge >= 0.3 is 0 Å². The highest BCUT2D eigenvalue weighted by Crippen LogP contribution is 2.31. The molecule has 1 aromatic heterocycles. The molecule has 0 spiro atoms. The molecule has 1 aromatic carbocycles. The topological polar surface area (TPSA) is 32.3 Å². The Morgan fingerprint density at radius 1 is 1.22 bits per heavy atom. The number of nitrogens with one attached hydrogen (secondary N) is 1. The van der Waals surface area contributed by atoms with E-state index in [1.54, 1.807) is 11.3 Å². The summed E-state index contributed by atoms with van der Waals surface area (Å²) in [5.74, 6) is 0.209. The van der Waals surface area contributed by atoms with Crippen LogP contribution in [-0.4, -0.2) is 30.4 Å². The summed E-state index contributed by atoms with van der Waals surface area (Å²) in [7, 11) is 1.88. The molecule has 0 bridgehead atoms. The Bertz CT molecular complexity index is 648. The summed E-state index contributed by atoms with van der Waals surface area (Å²) >= 11 is 1.78. The molecular weight excluding hydrogens is 304 g/mol. The Kier molecular flexibility index (Phi) is 6.37. The fourth-order valence-corrected chi connectivity index (χ4v) is 3.66. The van der Waals surface area contributed by atoms with E-state index >= 15 is 0 Å². The number of carbonyl (C=O) groups is 1. The largest absolute Gasteiger partial charge is 0.335 e. The molecule has 0 unspecified atom stereocenters. The van der Waals surface area contributed by atoms with Crippen LogP contribution in [0.5, 0.6) is 0 Å². The second kappa shape index (κ2) is 8.27. The zero-order chi connectivity index (χ0) is 16.8. The predicted octanol–water partition coefficient (Wildman–Crippen LogP) is 4.07. The highest BCUT2D eigenvalue weighted by molar-refractivity contribution is 7.15. The molecule has 0 aliphatic heterocycles. The van der Waals surface area contributed by atoms with Gasteiger partial charge in [0, 0.05) is 28.8 Å². The van der Waals surface area contributed by atoms with E-state index in [0.29, 0.717) is 13.0 Å². The Labute approximate surface area is 143 Å². The van der Waals surface area contributed by atoms with Crippen LogP contribution >= 0.6 is 11.3 Å². The molecule has 0 aliphatic carbocycles. The van der Waals surface area contributed by atoms with Crippen molar-refractivity contribution in [1.82, 2.24) is 10.2 Å². The number of hydrogen-bond acceptors (Lipinski definition) is 3. The number of amides is 1. The van der Waals surface area contributed by atoms with Crippen molar-refractivity contribution in [2.24, 2.45) is 0 Å². The van der Waals surface area contributed by atoms with Crippen molar-refractivity contribution in [2.45, 2.75) is 39.8 Å². The van der Waals surface area contributed by atoms with Gasteiger partial charge in [-0.15, -0.1) is 11.3 Å². The van der Waals surface area contributed by atoms with Gasteiger partial charge in [0.15, 0.2) is 0 Å². The third-order valence-corrected chi connectivity index (χ3v) is 5.03. The van der Waals surface area contributed by atoms with Crippen LogP contribution in [0.3, 0.4) is 0 Å². The average molecular weight is 330 g/mol. The number of nitrogens with zero attached hydrogens (tertiary/aromatic N) is 1. The monoisotopic (exact) mass is 330 g/mol. The molecule has 0 saturated carbocycles. The highest BCUT2D eigenvalue weighted by atomic mass is 32.1. The first kappa shape index (κ1) is 17.7. The molecule has 23 heavy (non-hydrogen) atoms. The number of aryl methyl sites for hydroxylation is 1. The first-order valence-corrected chi connectivity index (χ1v) is 8.93. The maximum Gasteiger partial charge on any atom is 0.224 e. The van der Waals surface area contributed by atoms with Crippen molar-refractivity contribution in [3.63, 3.8) is 0 Å². The number of hydrogen-bond donors (Lipinski definition) is 1. The first-order chi connectivity index (χ1) is 11.0. The van der Waals surface area contributed by atoms with E-state index in [4.69, 9.17) is 0 Å². The Hall–Kier alpha value is -1.65. The van der Waals surface area contributed by atoms with Crippen molar-refractivity contribution in [2.75, 3.05) is 13.6 Å². The Balaban J connectivity index is 2.13. The smallest absolute Gasteiger partial charge is 0.224 e. The lowest BCUT2D eigenvalue weighted by Gasteiger charge is -2.26. The molecular formula is C19H26N2OS. The highest BCUT2D eigenvalue weighted by Gasteiger charge is 2.18. The second-order valence-electron chi connectivity index (χ2n) is 6.05. The molecule has 2 aromatic rings. The van der Waals surface area contributed by atoms with E-state index in [0.717, 1.165) is 6.54 Å². The SMILES string of the molecule is CNCCC(=O)N(Cc1ccc(-c2ccccc2C)s1)C(C)C. The van der Waals surface area contributed by atoms with Gasteiger partial charge in [-0.25, -0.2) is 0 Å². The van der Waals surface area contributed by atoms with Crippen molar-refractivity contribution in [3.8, 4) is 10.4 Å². The van der Waals surface area contributed by atoms with Gasteiger partial charge in [0.2, 0.25) is 5.91 Å². The molecule has 3 nitrogen and oxygen atoms in total. The standard InChI is InChI=1S/C19H26N2OS/c1-14(2)21(19(22)11-12-20-4)13-16-9-10-18(23-16)17-8-6-5-7-15(17)3/h5-10,14,20H,11-13H2,1-4H3. The molecule has 0 aliphatic rings. The van der Waals surface area contributed by atoms with Crippen LogP contribution < -0.4 is 5.32 Å². The van der Waals surface area contributed by atoms with Crippen LogP contribution in [0.15, 0.2) is 36.4 Å². The lowest BCUT2D eigenvalue weighted by Crippen LogP contribution is -2.37. The molecule has 0 atom stereocenters. The van der Waals surface area contributed by atoms with Gasteiger partial charge in [-0.2, -0.15) is 0 Å². The number of thiophene rings is 1. The van der Waals surface area contributed by atoms with E-state index in [2.05, 4.69) is 62.5 Å². The van der Waals surface area contributed by atoms with Gasteiger partial charge in [-0.3, -0.25) is 4.79 Å². The second-order valence-corrected chi connectivity index (χ2v) is 7.22. The molecule has 0 fully saturated rings. The summed E-state index contributed by atoms with van der Waals surface area (Å²) in [6.45, 7) is 7.70. The van der Waals surface area contributed by atoms with Crippen molar-refractivity contribution in [1.29, 1.82) is 0 Å². The molecule has 1 heterocycles. The first-order valence-electron chi connectivity index (χ1n) is 8.11. The number of carbonyl (C=O) groups excluding carboxylic acids is 1. The fraction of sp³-hybridized carbons (Fsp3) is 0.421. The van der Waals surface area contributed by atoms with Gasteiger partial charge < -0.3 is 10.2 Å². The summed E-state index contributed by atoms with van der Waals surface area (Å²) in [6, 6.07) is 13.0. The summed E-state index contributed by atoms with van der Waals surface area (Å²) in [5, 5.41) is 3.04. The quantitative estimate of drug-likeness (QED) is 0.830. The Morgan fingerprint density at radius 3 is 2.61 bits per heavy atom. The van der Waals surface area contributed by atoms with E-state index in [-0.39, 0.29) is 11.9 Å². The fourth-order valence-electron chi connectivity index (χ4n) is 2.56. The maximum absolute atomic E-state index is 12.4. The van der Waals surface area contributed by atoms with E-state index in [9.17, 15) is 4.79 Å². The van der Waals surface area contributed by atoms with Gasteiger partial charge in [-0.1, -0.05) is 24.3 Å². The van der Waals surface area contributed by atoms with Crippen LogP contribution in [-0.2, 0) is 11.3 Å². The van der Waals surface area contributed by atoms with Crippen LogP contribution in [0, 0.1) is 6.92 Å². The summed E-state index contributed by atoms with van der Waals surface area (Å²) < 4.78 is 0. The Morgan fingerprint density at radius 2 is 1.96 bits per heavy atom. The third kappa shape index (κ3) is 4.66. The zero-order valence-electron chi connectivity index (χ0n) is 14.4. The lowest BCUT2D eigenvalue weighted by molar-refractivity contribution is -0.133. The number of rotatable bonds is 7. The normalized spacial score (nSPS) is 11.0. The van der Waals surface area contributed by atoms with Gasteiger partial charge in [0.1, 0.15) is 0 Å². The van der Waals surface area contributed by atoms with E-state index in [1.807, 2.05) is 11.9 Å². The van der Waals surface area contributed by atoms with E-state index < -0.39 is 0 Å². The molecule has 124 valence electrons. The molecule has 1 N–H and O–H groups in total. The molecule has 0 saturated heterocycles. The van der Waals surface area contributed by atoms with Crippen molar-refractivity contribution >= 4 is 17.2 Å². The maximum atomic E-state index is 12.4. The lowest BCUT2D eigenvalue weighted by atomic mass is 10.1. The van der Waals surface area contributed by atoms with Crippen molar-refractivity contribution in [3.05, 3.63) is 46.8 Å². The molecule has 0 radical (unpaired) electrons. The van der Waals surface area contributed by atoms with Gasteiger partial charge in [0.25, 0.3) is 0 Å². The minimum Gasteiger partial charge on any atom is -0.335 e. The van der Waals surface area contributed by atoms with Gasteiger partial charge in [0.05, 0.1) is 6.54 Å². The van der Waals surface area contributed by atoms with Crippen LogP contribution in [0.4, 0.5) is 0 Å². The molecule has 4 heteroatoms.